The van der Waals surface area contributed by atoms with Crippen LogP contribution in [0.25, 0.3) is 0 Å². The fourth-order valence-electron chi connectivity index (χ4n) is 3.88. The molecule has 0 aromatic heterocycles. The average Bonchev–Trinajstić information content (AvgIpc) is 2.79. The number of unbranched alkanes of at least 4 members (excludes halogenated alkanes) is 17. The molecule has 0 saturated heterocycles. The molecule has 0 fully saturated rings. The van der Waals surface area contributed by atoms with E-state index in [9.17, 15) is 9.59 Å². The molecule has 0 aliphatic heterocycles. The van der Waals surface area contributed by atoms with Crippen LogP contribution in [0.5, 0.6) is 0 Å². The summed E-state index contributed by atoms with van der Waals surface area (Å²) in [5, 5.41) is 0. The fourth-order valence-corrected chi connectivity index (χ4v) is 3.88. The molecule has 0 aromatic carbocycles. The minimum Gasteiger partial charge on any atom is -0.466 e. The average molecular weight is 455 g/mol. The summed E-state index contributed by atoms with van der Waals surface area (Å²) in [5.41, 5.74) is 0. The highest BCUT2D eigenvalue weighted by Crippen LogP contribution is 2.12. The second-order valence-corrected chi connectivity index (χ2v) is 9.30. The van der Waals surface area contributed by atoms with Gasteiger partial charge in [0.05, 0.1) is 13.2 Å². The van der Waals surface area contributed by atoms with E-state index < -0.39 is 0 Å². The van der Waals surface area contributed by atoms with Gasteiger partial charge in [0.25, 0.3) is 0 Å². The molecule has 0 spiro atoms. The summed E-state index contributed by atoms with van der Waals surface area (Å²) in [7, 11) is 0. The number of carbonyl (C=O) groups excluding carboxylic acids is 2. The van der Waals surface area contributed by atoms with Crippen molar-refractivity contribution in [3.05, 3.63) is 0 Å². The van der Waals surface area contributed by atoms with Crippen LogP contribution in [-0.4, -0.2) is 25.2 Å². The van der Waals surface area contributed by atoms with Crippen molar-refractivity contribution < 1.29 is 19.1 Å². The minimum absolute atomic E-state index is 0.131. The maximum Gasteiger partial charge on any atom is 0.305 e. The van der Waals surface area contributed by atoms with E-state index in [0.29, 0.717) is 38.9 Å². The first-order chi connectivity index (χ1) is 15.7. The van der Waals surface area contributed by atoms with Crippen molar-refractivity contribution in [1.29, 1.82) is 0 Å². The number of ether oxygens (including phenoxy) is 2. The lowest BCUT2D eigenvalue weighted by atomic mass is 10.1. The zero-order valence-electron chi connectivity index (χ0n) is 21.6. The molecule has 0 aliphatic rings. The monoisotopic (exact) mass is 454 g/mol. The highest BCUT2D eigenvalue weighted by molar-refractivity contribution is 5.70. The molecule has 190 valence electrons. The number of hydrogen-bond donors (Lipinski definition) is 0. The van der Waals surface area contributed by atoms with Gasteiger partial charge in [0.2, 0.25) is 0 Å². The van der Waals surface area contributed by atoms with Gasteiger partial charge in [-0.15, -0.1) is 0 Å². The minimum atomic E-state index is -0.136. The molecule has 0 aromatic rings. The van der Waals surface area contributed by atoms with E-state index >= 15 is 0 Å². The Hall–Kier alpha value is -1.06. The molecule has 4 nitrogen and oxygen atoms in total. The number of rotatable bonds is 25. The van der Waals surface area contributed by atoms with Gasteiger partial charge in [-0.2, -0.15) is 0 Å². The SMILES string of the molecule is CCCCCCCCCCCCCCOC(=O)CCCCC(=O)OCCCCCCCC. The van der Waals surface area contributed by atoms with Crippen LogP contribution in [0.4, 0.5) is 0 Å². The summed E-state index contributed by atoms with van der Waals surface area (Å²) in [4.78, 5) is 23.5. The lowest BCUT2D eigenvalue weighted by Gasteiger charge is -2.06. The van der Waals surface area contributed by atoms with E-state index in [4.69, 9.17) is 9.47 Å². The summed E-state index contributed by atoms with van der Waals surface area (Å²) in [6.07, 6.45) is 25.0. The molecule has 0 radical (unpaired) electrons. The van der Waals surface area contributed by atoms with E-state index in [-0.39, 0.29) is 11.9 Å². The fraction of sp³-hybridized carbons (Fsp3) is 0.929. The molecule has 0 heterocycles. The van der Waals surface area contributed by atoms with Crippen molar-refractivity contribution in [1.82, 2.24) is 0 Å². The molecule has 0 atom stereocenters. The molecule has 0 aliphatic carbocycles. The summed E-state index contributed by atoms with van der Waals surface area (Å²) in [6, 6.07) is 0. The van der Waals surface area contributed by atoms with Gasteiger partial charge in [-0.05, 0) is 25.7 Å². The third kappa shape index (κ3) is 25.2. The lowest BCUT2D eigenvalue weighted by molar-refractivity contribution is -0.146. The van der Waals surface area contributed by atoms with Gasteiger partial charge >= 0.3 is 11.9 Å². The smallest absolute Gasteiger partial charge is 0.305 e. The van der Waals surface area contributed by atoms with Crippen LogP contribution in [0.1, 0.15) is 155 Å². The summed E-state index contributed by atoms with van der Waals surface area (Å²) in [5.74, 6) is -0.267. The van der Waals surface area contributed by atoms with Crippen LogP contribution in [0.3, 0.4) is 0 Å². The Morgan fingerprint density at radius 2 is 0.688 bits per heavy atom. The van der Waals surface area contributed by atoms with E-state index in [2.05, 4.69) is 13.8 Å². The van der Waals surface area contributed by atoms with E-state index in [1.807, 2.05) is 0 Å². The molecule has 0 rings (SSSR count). The normalized spacial score (nSPS) is 10.9. The Kier molecular flexibility index (Phi) is 25.3. The Labute approximate surface area is 199 Å². The summed E-state index contributed by atoms with van der Waals surface area (Å²) in [6.45, 7) is 5.55. The van der Waals surface area contributed by atoms with Crippen LogP contribution in [0.15, 0.2) is 0 Å². The molecule has 0 bridgehead atoms. The Morgan fingerprint density at radius 1 is 0.406 bits per heavy atom. The first-order valence-corrected chi connectivity index (χ1v) is 14.0. The standard InChI is InChI=1S/C28H54O4/c1-3-5-7-9-11-12-13-14-15-16-18-22-26-32-28(30)24-20-19-23-27(29)31-25-21-17-10-8-6-4-2/h3-26H2,1-2H3. The topological polar surface area (TPSA) is 52.6 Å². The van der Waals surface area contributed by atoms with Gasteiger partial charge in [0.15, 0.2) is 0 Å². The third-order valence-electron chi connectivity index (χ3n) is 6.03. The van der Waals surface area contributed by atoms with Crippen molar-refractivity contribution in [2.45, 2.75) is 155 Å². The van der Waals surface area contributed by atoms with Crippen LogP contribution in [0.2, 0.25) is 0 Å². The lowest BCUT2D eigenvalue weighted by Crippen LogP contribution is -2.08. The second kappa shape index (κ2) is 26.2. The van der Waals surface area contributed by atoms with Crippen molar-refractivity contribution in [2.75, 3.05) is 13.2 Å². The van der Waals surface area contributed by atoms with Crippen molar-refractivity contribution in [3.63, 3.8) is 0 Å². The highest BCUT2D eigenvalue weighted by atomic mass is 16.5. The predicted octanol–water partition coefficient (Wildman–Crippen LogP) is 8.69. The maximum absolute atomic E-state index is 11.8. The van der Waals surface area contributed by atoms with Gasteiger partial charge in [0, 0.05) is 12.8 Å². The van der Waals surface area contributed by atoms with Gasteiger partial charge < -0.3 is 9.47 Å². The third-order valence-corrected chi connectivity index (χ3v) is 6.03. The van der Waals surface area contributed by atoms with Gasteiger partial charge in [0.1, 0.15) is 0 Å². The number of carbonyl (C=O) groups is 2. The van der Waals surface area contributed by atoms with Crippen molar-refractivity contribution >= 4 is 11.9 Å². The Morgan fingerprint density at radius 3 is 1.00 bits per heavy atom. The van der Waals surface area contributed by atoms with Crippen LogP contribution >= 0.6 is 0 Å². The van der Waals surface area contributed by atoms with Crippen LogP contribution < -0.4 is 0 Å². The molecule has 0 amide bonds. The van der Waals surface area contributed by atoms with Crippen molar-refractivity contribution in [3.8, 4) is 0 Å². The van der Waals surface area contributed by atoms with Gasteiger partial charge in [-0.3, -0.25) is 9.59 Å². The first-order valence-electron chi connectivity index (χ1n) is 14.0. The highest BCUT2D eigenvalue weighted by Gasteiger charge is 2.06. The van der Waals surface area contributed by atoms with Crippen LogP contribution in [-0.2, 0) is 19.1 Å². The molecule has 0 unspecified atom stereocenters. The summed E-state index contributed by atoms with van der Waals surface area (Å²) < 4.78 is 10.6. The molecule has 32 heavy (non-hydrogen) atoms. The molecule has 4 heteroatoms. The summed E-state index contributed by atoms with van der Waals surface area (Å²) >= 11 is 0. The zero-order chi connectivity index (χ0) is 23.5. The van der Waals surface area contributed by atoms with E-state index in [1.165, 1.54) is 89.9 Å². The van der Waals surface area contributed by atoms with Crippen LogP contribution in [0, 0.1) is 0 Å². The largest absolute Gasteiger partial charge is 0.466 e. The quantitative estimate of drug-likeness (QED) is 0.102. The van der Waals surface area contributed by atoms with E-state index in [0.717, 1.165) is 25.7 Å². The Balaban J connectivity index is 3.27. The molecule has 0 saturated carbocycles. The van der Waals surface area contributed by atoms with Crippen molar-refractivity contribution in [2.24, 2.45) is 0 Å². The molecule has 0 N–H and O–H groups in total. The first kappa shape index (κ1) is 30.9. The molecular formula is C28H54O4. The van der Waals surface area contributed by atoms with Gasteiger partial charge in [-0.25, -0.2) is 0 Å². The van der Waals surface area contributed by atoms with Gasteiger partial charge in [-0.1, -0.05) is 117 Å². The second-order valence-electron chi connectivity index (χ2n) is 9.30. The number of hydrogen-bond acceptors (Lipinski definition) is 4. The van der Waals surface area contributed by atoms with E-state index in [1.54, 1.807) is 0 Å². The number of esters is 2. The Bertz CT molecular complexity index is 408. The molecular weight excluding hydrogens is 400 g/mol. The predicted molar refractivity (Wildman–Crippen MR) is 135 cm³/mol. The zero-order valence-corrected chi connectivity index (χ0v) is 21.6. The maximum atomic E-state index is 11.8.